The van der Waals surface area contributed by atoms with Crippen LogP contribution in [0.2, 0.25) is 0 Å². The summed E-state index contributed by atoms with van der Waals surface area (Å²) in [4.78, 5) is 29.6. The van der Waals surface area contributed by atoms with Gasteiger partial charge in [0.25, 0.3) is 11.8 Å². The molecule has 2 heterocycles. The number of hydrogen-bond donors (Lipinski definition) is 2. The molecule has 0 aliphatic carbocycles. The molecule has 7 nitrogen and oxygen atoms in total. The van der Waals surface area contributed by atoms with Gasteiger partial charge in [0.1, 0.15) is 18.9 Å². The summed E-state index contributed by atoms with van der Waals surface area (Å²) in [5, 5.41) is 5.59. The van der Waals surface area contributed by atoms with E-state index in [4.69, 9.17) is 9.47 Å². The van der Waals surface area contributed by atoms with Crippen LogP contribution >= 0.6 is 0 Å². The van der Waals surface area contributed by atoms with Crippen LogP contribution in [0.25, 0.3) is 0 Å². The van der Waals surface area contributed by atoms with Crippen molar-refractivity contribution in [2.45, 2.75) is 6.92 Å². The summed E-state index contributed by atoms with van der Waals surface area (Å²) in [6.45, 7) is 2.78. The number of carbonyl (C=O) groups is 2. The van der Waals surface area contributed by atoms with E-state index in [9.17, 15) is 9.59 Å². The number of carbonyl (C=O) groups excluding carboxylic acids is 2. The first-order valence-corrected chi connectivity index (χ1v) is 9.15. The van der Waals surface area contributed by atoms with Crippen LogP contribution in [-0.4, -0.2) is 30.0 Å². The van der Waals surface area contributed by atoms with E-state index in [0.717, 1.165) is 5.69 Å². The number of amides is 2. The minimum atomic E-state index is -0.381. The summed E-state index contributed by atoms with van der Waals surface area (Å²) < 4.78 is 11.0. The Kier molecular flexibility index (Phi) is 5.11. The van der Waals surface area contributed by atoms with Gasteiger partial charge in [-0.2, -0.15) is 0 Å². The molecule has 2 N–H and O–H groups in total. The number of benzene rings is 2. The van der Waals surface area contributed by atoms with Crippen molar-refractivity contribution in [3.05, 3.63) is 77.6 Å². The average Bonchev–Trinajstić information content (AvgIpc) is 2.74. The van der Waals surface area contributed by atoms with Crippen molar-refractivity contribution in [1.82, 2.24) is 4.98 Å². The number of fused-ring (bicyclic) bond motifs is 1. The minimum absolute atomic E-state index is 0.284. The molecule has 7 heteroatoms. The van der Waals surface area contributed by atoms with Crippen molar-refractivity contribution in [3.63, 3.8) is 0 Å². The maximum atomic E-state index is 12.8. The van der Waals surface area contributed by atoms with Crippen molar-refractivity contribution in [1.29, 1.82) is 0 Å². The van der Waals surface area contributed by atoms with Gasteiger partial charge in [0.15, 0.2) is 11.5 Å². The fourth-order valence-corrected chi connectivity index (χ4v) is 2.97. The number of nitrogens with zero attached hydrogens (tertiary/aromatic N) is 1. The van der Waals surface area contributed by atoms with Gasteiger partial charge in [0.05, 0.1) is 11.3 Å². The van der Waals surface area contributed by atoms with Crippen LogP contribution < -0.4 is 20.1 Å². The Labute approximate surface area is 167 Å². The van der Waals surface area contributed by atoms with E-state index in [1.165, 1.54) is 0 Å². The molecule has 0 saturated heterocycles. The largest absolute Gasteiger partial charge is 0.486 e. The Balaban J connectivity index is 1.53. The summed E-state index contributed by atoms with van der Waals surface area (Å²) in [5.74, 6) is 0.497. The second-order valence-corrected chi connectivity index (χ2v) is 6.48. The van der Waals surface area contributed by atoms with E-state index >= 15 is 0 Å². The number of pyridine rings is 1. The number of anilines is 2. The van der Waals surface area contributed by atoms with Crippen molar-refractivity contribution in [2.75, 3.05) is 23.8 Å². The Bertz CT molecular complexity index is 1080. The SMILES string of the molecule is Cc1cccc(C(=O)Nc2ccccc2C(=O)Nc2ccc3c(c2)OCCO3)n1. The third-order valence-corrected chi connectivity index (χ3v) is 4.34. The topological polar surface area (TPSA) is 89.6 Å². The Morgan fingerprint density at radius 2 is 1.66 bits per heavy atom. The lowest BCUT2D eigenvalue weighted by atomic mass is 10.1. The van der Waals surface area contributed by atoms with E-state index in [1.54, 1.807) is 54.6 Å². The second kappa shape index (κ2) is 8.02. The van der Waals surface area contributed by atoms with Crippen LogP contribution in [0.1, 0.15) is 26.5 Å². The highest BCUT2D eigenvalue weighted by Crippen LogP contribution is 2.33. The summed E-state index contributed by atoms with van der Waals surface area (Å²) in [6, 6.07) is 17.2. The van der Waals surface area contributed by atoms with Gasteiger partial charge in [-0.15, -0.1) is 0 Å². The molecule has 0 saturated carbocycles. The number of ether oxygens (including phenoxy) is 2. The van der Waals surface area contributed by atoms with Crippen LogP contribution in [0.5, 0.6) is 11.5 Å². The number of nitrogens with one attached hydrogen (secondary N) is 2. The third-order valence-electron chi connectivity index (χ3n) is 4.34. The van der Waals surface area contributed by atoms with Gasteiger partial charge in [0, 0.05) is 17.4 Å². The normalized spacial score (nSPS) is 12.2. The molecule has 0 unspecified atom stereocenters. The van der Waals surface area contributed by atoms with E-state index in [2.05, 4.69) is 15.6 Å². The lowest BCUT2D eigenvalue weighted by molar-refractivity contribution is 0.102. The van der Waals surface area contributed by atoms with Crippen LogP contribution in [0.4, 0.5) is 11.4 Å². The Hall–Kier alpha value is -3.87. The highest BCUT2D eigenvalue weighted by Gasteiger charge is 2.17. The van der Waals surface area contributed by atoms with Crippen LogP contribution in [0.3, 0.4) is 0 Å². The quantitative estimate of drug-likeness (QED) is 0.711. The predicted molar refractivity (Wildman–Crippen MR) is 109 cm³/mol. The van der Waals surface area contributed by atoms with E-state index in [-0.39, 0.29) is 17.5 Å². The van der Waals surface area contributed by atoms with E-state index < -0.39 is 0 Å². The average molecular weight is 389 g/mol. The molecule has 3 aromatic rings. The molecule has 1 aliphatic rings. The van der Waals surface area contributed by atoms with Crippen molar-refractivity contribution < 1.29 is 19.1 Å². The number of hydrogen-bond acceptors (Lipinski definition) is 5. The fourth-order valence-electron chi connectivity index (χ4n) is 2.97. The molecule has 29 heavy (non-hydrogen) atoms. The zero-order valence-corrected chi connectivity index (χ0v) is 15.8. The van der Waals surface area contributed by atoms with Gasteiger partial charge in [-0.3, -0.25) is 9.59 Å². The van der Waals surface area contributed by atoms with E-state index in [0.29, 0.717) is 41.7 Å². The Morgan fingerprint density at radius 3 is 2.48 bits per heavy atom. The molecular formula is C22H19N3O4. The highest BCUT2D eigenvalue weighted by molar-refractivity contribution is 6.12. The fraction of sp³-hybridized carbons (Fsp3) is 0.136. The zero-order valence-electron chi connectivity index (χ0n) is 15.8. The molecule has 2 aromatic carbocycles. The van der Waals surface area contributed by atoms with Crippen molar-refractivity contribution >= 4 is 23.2 Å². The molecule has 0 fully saturated rings. The number of aromatic nitrogens is 1. The Morgan fingerprint density at radius 1 is 0.862 bits per heavy atom. The maximum absolute atomic E-state index is 12.8. The van der Waals surface area contributed by atoms with Crippen molar-refractivity contribution in [2.24, 2.45) is 0 Å². The third kappa shape index (κ3) is 4.19. The molecule has 2 amide bonds. The summed E-state index contributed by atoms with van der Waals surface area (Å²) in [6.07, 6.45) is 0. The molecule has 1 aliphatic heterocycles. The lowest BCUT2D eigenvalue weighted by Gasteiger charge is -2.19. The maximum Gasteiger partial charge on any atom is 0.274 e. The van der Waals surface area contributed by atoms with Gasteiger partial charge in [0.2, 0.25) is 0 Å². The number of rotatable bonds is 4. The van der Waals surface area contributed by atoms with Gasteiger partial charge >= 0.3 is 0 Å². The number of aryl methyl sites for hydroxylation is 1. The minimum Gasteiger partial charge on any atom is -0.486 e. The van der Waals surface area contributed by atoms with Gasteiger partial charge in [-0.1, -0.05) is 18.2 Å². The monoisotopic (exact) mass is 389 g/mol. The standard InChI is InChI=1S/C22H19N3O4/c1-14-5-4-8-18(23-14)22(27)25-17-7-3-2-6-16(17)21(26)24-15-9-10-19-20(13-15)29-12-11-28-19/h2-10,13H,11-12H2,1H3,(H,24,26)(H,25,27). The smallest absolute Gasteiger partial charge is 0.274 e. The highest BCUT2D eigenvalue weighted by atomic mass is 16.6. The summed E-state index contributed by atoms with van der Waals surface area (Å²) in [7, 11) is 0. The first-order chi connectivity index (χ1) is 14.1. The number of para-hydroxylation sites is 1. The summed E-state index contributed by atoms with van der Waals surface area (Å²) in [5.41, 5.74) is 2.33. The molecule has 146 valence electrons. The zero-order chi connectivity index (χ0) is 20.2. The van der Waals surface area contributed by atoms with Crippen LogP contribution in [0, 0.1) is 6.92 Å². The molecular weight excluding hydrogens is 370 g/mol. The predicted octanol–water partition coefficient (Wildman–Crippen LogP) is 3.67. The first-order valence-electron chi connectivity index (χ1n) is 9.15. The van der Waals surface area contributed by atoms with Crippen LogP contribution in [0.15, 0.2) is 60.7 Å². The van der Waals surface area contributed by atoms with Gasteiger partial charge < -0.3 is 20.1 Å². The van der Waals surface area contributed by atoms with E-state index in [1.807, 2.05) is 13.0 Å². The first kappa shape index (κ1) is 18.5. The molecule has 4 rings (SSSR count). The summed E-state index contributed by atoms with van der Waals surface area (Å²) >= 11 is 0. The van der Waals surface area contributed by atoms with Gasteiger partial charge in [-0.25, -0.2) is 4.98 Å². The molecule has 0 radical (unpaired) electrons. The van der Waals surface area contributed by atoms with Crippen LogP contribution in [-0.2, 0) is 0 Å². The molecule has 1 aromatic heterocycles. The van der Waals surface area contributed by atoms with Gasteiger partial charge in [-0.05, 0) is 43.3 Å². The molecule has 0 bridgehead atoms. The van der Waals surface area contributed by atoms with Crippen molar-refractivity contribution in [3.8, 4) is 11.5 Å². The molecule has 0 atom stereocenters. The molecule has 0 spiro atoms. The second-order valence-electron chi connectivity index (χ2n) is 6.48. The lowest BCUT2D eigenvalue weighted by Crippen LogP contribution is -2.19.